The van der Waals surface area contributed by atoms with Gasteiger partial charge >= 0.3 is 0 Å². The first-order chi connectivity index (χ1) is 10.2. The van der Waals surface area contributed by atoms with Crippen LogP contribution in [-0.4, -0.2) is 22.6 Å². The minimum Gasteiger partial charge on any atom is -0.351 e. The van der Waals surface area contributed by atoms with Crippen LogP contribution >= 0.6 is 11.3 Å². The maximum absolute atomic E-state index is 12.2. The molecule has 0 aromatic carbocycles. The second kappa shape index (κ2) is 6.39. The van der Waals surface area contributed by atoms with E-state index < -0.39 is 0 Å². The summed E-state index contributed by atoms with van der Waals surface area (Å²) >= 11 is 1.64. The highest BCUT2D eigenvalue weighted by molar-refractivity contribution is 7.14. The summed E-state index contributed by atoms with van der Waals surface area (Å²) in [4.78, 5) is 18.5. The van der Waals surface area contributed by atoms with Gasteiger partial charge in [-0.25, -0.2) is 0 Å². The molecular weight excluding hydrogens is 286 g/mol. The number of aryl methyl sites for hydroxylation is 3. The lowest BCUT2D eigenvalue weighted by Gasteiger charge is -2.00. The Hall–Kier alpha value is -1.69. The van der Waals surface area contributed by atoms with Gasteiger partial charge in [0.1, 0.15) is 0 Å². The van der Waals surface area contributed by atoms with Crippen molar-refractivity contribution in [1.29, 1.82) is 0 Å². The molecule has 1 amide bonds. The number of fused-ring (bicyclic) bond motifs is 1. The van der Waals surface area contributed by atoms with Crippen LogP contribution in [0.15, 0.2) is 10.6 Å². The number of hydrogen-bond acceptors (Lipinski definition) is 5. The average Bonchev–Trinajstić information content (AvgIpc) is 3.00. The molecule has 0 radical (unpaired) electrons. The van der Waals surface area contributed by atoms with Crippen LogP contribution in [0.1, 0.15) is 51.1 Å². The van der Waals surface area contributed by atoms with Crippen LogP contribution in [-0.2, 0) is 19.3 Å². The summed E-state index contributed by atoms with van der Waals surface area (Å²) in [5.41, 5.74) is 1.37. The number of thiophene rings is 1. The first kappa shape index (κ1) is 14.3. The minimum absolute atomic E-state index is 0.00399. The second-order valence-corrected chi connectivity index (χ2v) is 6.50. The Balaban J connectivity index is 1.55. The summed E-state index contributed by atoms with van der Waals surface area (Å²) in [5, 5.41) is 6.65. The van der Waals surface area contributed by atoms with Crippen LogP contribution in [0.25, 0.3) is 0 Å². The van der Waals surface area contributed by atoms with Crippen LogP contribution in [0.3, 0.4) is 0 Å². The molecule has 0 spiro atoms. The highest BCUT2D eigenvalue weighted by Gasteiger charge is 2.16. The van der Waals surface area contributed by atoms with Crippen molar-refractivity contribution in [3.63, 3.8) is 0 Å². The van der Waals surface area contributed by atoms with Crippen LogP contribution in [0.4, 0.5) is 0 Å². The number of carbonyl (C=O) groups is 1. The van der Waals surface area contributed by atoms with Crippen LogP contribution in [0.5, 0.6) is 0 Å². The molecule has 3 rings (SSSR count). The lowest BCUT2D eigenvalue weighted by atomic mass is 10.1. The van der Waals surface area contributed by atoms with E-state index >= 15 is 0 Å². The molecule has 0 unspecified atom stereocenters. The fourth-order valence-electron chi connectivity index (χ4n) is 2.59. The molecule has 2 heterocycles. The summed E-state index contributed by atoms with van der Waals surface area (Å²) in [6, 6.07) is 2.07. The van der Waals surface area contributed by atoms with Gasteiger partial charge in [-0.2, -0.15) is 4.98 Å². The molecule has 0 saturated carbocycles. The topological polar surface area (TPSA) is 68.0 Å². The lowest BCUT2D eigenvalue weighted by molar-refractivity contribution is 0.0957. The van der Waals surface area contributed by atoms with Crippen molar-refractivity contribution in [2.45, 2.75) is 45.4 Å². The number of amides is 1. The molecule has 0 bridgehead atoms. The van der Waals surface area contributed by atoms with Gasteiger partial charge in [0, 0.05) is 17.8 Å². The second-order valence-electron chi connectivity index (χ2n) is 5.36. The fourth-order valence-corrected chi connectivity index (χ4v) is 3.76. The monoisotopic (exact) mass is 305 g/mol. The van der Waals surface area contributed by atoms with E-state index in [2.05, 4.69) is 21.5 Å². The first-order valence-electron chi connectivity index (χ1n) is 7.41. The quantitative estimate of drug-likeness (QED) is 0.882. The molecule has 0 aliphatic heterocycles. The van der Waals surface area contributed by atoms with E-state index in [0.717, 1.165) is 17.7 Å². The SMILES string of the molecule is Cc1noc(CCNC(=O)c2cc3c(s2)CCCCC3)n1. The lowest BCUT2D eigenvalue weighted by Crippen LogP contribution is -2.24. The highest BCUT2D eigenvalue weighted by atomic mass is 32.1. The van der Waals surface area contributed by atoms with E-state index in [1.807, 2.05) is 0 Å². The normalized spacial score (nSPS) is 14.5. The predicted molar refractivity (Wildman–Crippen MR) is 80.7 cm³/mol. The molecule has 0 fully saturated rings. The van der Waals surface area contributed by atoms with E-state index in [-0.39, 0.29) is 5.91 Å². The highest BCUT2D eigenvalue weighted by Crippen LogP contribution is 2.28. The van der Waals surface area contributed by atoms with Gasteiger partial charge in [-0.3, -0.25) is 4.79 Å². The molecule has 1 N–H and O–H groups in total. The number of carbonyl (C=O) groups excluding carboxylic acids is 1. The molecule has 112 valence electrons. The number of rotatable bonds is 4. The van der Waals surface area contributed by atoms with Crippen molar-refractivity contribution in [2.75, 3.05) is 6.54 Å². The standard InChI is InChI=1S/C15H19N3O2S/c1-10-17-14(20-18-10)7-8-16-15(19)13-9-11-5-3-2-4-6-12(11)21-13/h9H,2-8H2,1H3,(H,16,19). The van der Waals surface area contributed by atoms with Gasteiger partial charge in [0.2, 0.25) is 5.89 Å². The molecule has 2 aromatic rings. The van der Waals surface area contributed by atoms with Crippen molar-refractivity contribution >= 4 is 17.2 Å². The molecule has 6 heteroatoms. The van der Waals surface area contributed by atoms with E-state index in [1.54, 1.807) is 18.3 Å². The minimum atomic E-state index is 0.00399. The Morgan fingerprint density at radius 1 is 1.38 bits per heavy atom. The summed E-state index contributed by atoms with van der Waals surface area (Å²) in [6.07, 6.45) is 6.57. The fraction of sp³-hybridized carbons (Fsp3) is 0.533. The van der Waals surface area contributed by atoms with Gasteiger partial charge in [-0.1, -0.05) is 11.6 Å². The zero-order valence-corrected chi connectivity index (χ0v) is 13.0. The molecular formula is C15H19N3O2S. The number of nitrogens with one attached hydrogen (secondary N) is 1. The third kappa shape index (κ3) is 3.50. The number of hydrogen-bond donors (Lipinski definition) is 1. The maximum atomic E-state index is 12.2. The summed E-state index contributed by atoms with van der Waals surface area (Å²) in [6.45, 7) is 2.30. The van der Waals surface area contributed by atoms with E-state index in [0.29, 0.717) is 24.7 Å². The molecule has 5 nitrogen and oxygen atoms in total. The van der Waals surface area contributed by atoms with Crippen molar-refractivity contribution in [3.05, 3.63) is 33.1 Å². The Morgan fingerprint density at radius 3 is 3.05 bits per heavy atom. The van der Waals surface area contributed by atoms with Gasteiger partial charge in [0.05, 0.1) is 4.88 Å². The summed E-state index contributed by atoms with van der Waals surface area (Å²) < 4.78 is 5.02. The molecule has 0 saturated heterocycles. The Morgan fingerprint density at radius 2 is 2.24 bits per heavy atom. The van der Waals surface area contributed by atoms with Gasteiger partial charge < -0.3 is 9.84 Å². The van der Waals surface area contributed by atoms with Crippen LogP contribution in [0.2, 0.25) is 0 Å². The van der Waals surface area contributed by atoms with Crippen molar-refractivity contribution in [3.8, 4) is 0 Å². The molecule has 2 aromatic heterocycles. The molecule has 1 aliphatic rings. The van der Waals surface area contributed by atoms with E-state index in [9.17, 15) is 4.79 Å². The van der Waals surface area contributed by atoms with Gasteiger partial charge in [-0.15, -0.1) is 11.3 Å². The van der Waals surface area contributed by atoms with Crippen molar-refractivity contribution < 1.29 is 9.32 Å². The Kier molecular flexibility index (Phi) is 4.34. The number of nitrogens with zero attached hydrogens (tertiary/aromatic N) is 2. The average molecular weight is 305 g/mol. The predicted octanol–water partition coefficient (Wildman–Crippen LogP) is 2.68. The molecule has 1 aliphatic carbocycles. The van der Waals surface area contributed by atoms with Crippen LogP contribution in [0, 0.1) is 6.92 Å². The van der Waals surface area contributed by atoms with Crippen LogP contribution < -0.4 is 5.32 Å². The van der Waals surface area contributed by atoms with Gasteiger partial charge in [0.15, 0.2) is 5.82 Å². The van der Waals surface area contributed by atoms with Crippen molar-refractivity contribution in [1.82, 2.24) is 15.5 Å². The first-order valence-corrected chi connectivity index (χ1v) is 8.23. The third-order valence-corrected chi connectivity index (χ3v) is 4.90. The van der Waals surface area contributed by atoms with Crippen molar-refractivity contribution in [2.24, 2.45) is 0 Å². The molecule has 21 heavy (non-hydrogen) atoms. The third-order valence-electron chi connectivity index (χ3n) is 3.66. The van der Waals surface area contributed by atoms with E-state index in [4.69, 9.17) is 4.52 Å². The largest absolute Gasteiger partial charge is 0.351 e. The van der Waals surface area contributed by atoms with Gasteiger partial charge in [-0.05, 0) is 44.2 Å². The Labute approximate surface area is 127 Å². The zero-order valence-electron chi connectivity index (χ0n) is 12.1. The number of aromatic nitrogens is 2. The Bertz CT molecular complexity index is 609. The maximum Gasteiger partial charge on any atom is 0.261 e. The van der Waals surface area contributed by atoms with E-state index in [1.165, 1.54) is 29.7 Å². The molecule has 0 atom stereocenters. The summed E-state index contributed by atoms with van der Waals surface area (Å²) in [5.74, 6) is 1.19. The van der Waals surface area contributed by atoms with Gasteiger partial charge in [0.25, 0.3) is 5.91 Å². The zero-order chi connectivity index (χ0) is 14.7. The summed E-state index contributed by atoms with van der Waals surface area (Å²) in [7, 11) is 0. The smallest absolute Gasteiger partial charge is 0.261 e.